The van der Waals surface area contributed by atoms with Crippen LogP contribution in [0.15, 0.2) is 27.7 Å². The number of fused-ring (bicyclic) bond motifs is 1. The maximum Gasteiger partial charge on any atom is 0.251 e. The van der Waals surface area contributed by atoms with E-state index in [-0.39, 0.29) is 40.3 Å². The molecule has 9 heteroatoms. The first-order chi connectivity index (χ1) is 11.3. The maximum absolute atomic E-state index is 14.5. The number of amides is 1. The van der Waals surface area contributed by atoms with Gasteiger partial charge in [-0.3, -0.25) is 4.79 Å². The van der Waals surface area contributed by atoms with Gasteiger partial charge in [0.2, 0.25) is 0 Å². The summed E-state index contributed by atoms with van der Waals surface area (Å²) in [5.41, 5.74) is 0.262. The largest absolute Gasteiger partial charge is 0.313 e. The van der Waals surface area contributed by atoms with Gasteiger partial charge in [0.15, 0.2) is 15.0 Å². The predicted molar refractivity (Wildman–Crippen MR) is 95.6 cm³/mol. The molecule has 0 N–H and O–H groups in total. The van der Waals surface area contributed by atoms with Crippen LogP contribution < -0.4 is 4.90 Å². The van der Waals surface area contributed by atoms with Crippen molar-refractivity contribution in [1.29, 1.82) is 0 Å². The number of benzene rings is 1. The third-order valence-corrected chi connectivity index (χ3v) is 8.07. The lowest BCUT2D eigenvalue weighted by atomic mass is 10.2. The van der Waals surface area contributed by atoms with Crippen molar-refractivity contribution in [2.75, 3.05) is 16.4 Å². The Morgan fingerprint density at radius 2 is 2.08 bits per heavy atom. The number of halogens is 2. The molecule has 1 aromatic carbocycles. The molecule has 4 rings (SSSR count). The summed E-state index contributed by atoms with van der Waals surface area (Å²) < 4.78 is 39.0. The lowest BCUT2D eigenvalue weighted by Crippen LogP contribution is -2.38. The minimum absolute atomic E-state index is 0.0288. The molecule has 1 aromatic rings. The number of carbonyl (C=O) groups is 1. The number of thioether (sulfide) groups is 1. The van der Waals surface area contributed by atoms with Crippen molar-refractivity contribution in [2.45, 2.75) is 24.1 Å². The highest BCUT2D eigenvalue weighted by atomic mass is 79.9. The summed E-state index contributed by atoms with van der Waals surface area (Å²) in [6, 6.07) is 4.23. The molecule has 0 spiro atoms. The fourth-order valence-corrected chi connectivity index (χ4v) is 7.28. The summed E-state index contributed by atoms with van der Waals surface area (Å²) in [6.07, 6.45) is 1.68. The zero-order valence-electron chi connectivity index (χ0n) is 12.5. The minimum Gasteiger partial charge on any atom is -0.313 e. The van der Waals surface area contributed by atoms with E-state index in [4.69, 9.17) is 0 Å². The molecule has 0 radical (unpaired) electrons. The third kappa shape index (κ3) is 3.01. The summed E-state index contributed by atoms with van der Waals surface area (Å²) in [6.45, 7) is 0. The van der Waals surface area contributed by atoms with E-state index in [0.29, 0.717) is 9.64 Å². The van der Waals surface area contributed by atoms with Crippen molar-refractivity contribution in [3.05, 3.63) is 28.5 Å². The first-order valence-electron chi connectivity index (χ1n) is 7.58. The Hall–Kier alpha value is -0.930. The molecule has 2 saturated heterocycles. The lowest BCUT2D eigenvalue weighted by molar-refractivity contribution is -0.118. The van der Waals surface area contributed by atoms with Gasteiger partial charge in [-0.2, -0.15) is 4.99 Å². The molecule has 0 unspecified atom stereocenters. The van der Waals surface area contributed by atoms with Gasteiger partial charge >= 0.3 is 0 Å². The average molecular weight is 433 g/mol. The quantitative estimate of drug-likeness (QED) is 0.718. The second-order valence-electron chi connectivity index (χ2n) is 6.27. The number of amidine groups is 1. The van der Waals surface area contributed by atoms with Crippen LogP contribution in [0.5, 0.6) is 0 Å². The first kappa shape index (κ1) is 16.5. The molecule has 2 heterocycles. The molecule has 1 aliphatic carbocycles. The standard InChI is InChI=1S/C15H14BrFN2O3S2/c16-9-3-4-11(10(17)5-9)19-12-6-24(21,22)7-13(12)23-15(19)18-14(20)8-1-2-8/h3-5,8,12-13H,1-2,6-7H2/t12-,13+/m0/s1. The van der Waals surface area contributed by atoms with Crippen LogP contribution in [-0.4, -0.2) is 42.3 Å². The van der Waals surface area contributed by atoms with Crippen LogP contribution in [0.2, 0.25) is 0 Å². The van der Waals surface area contributed by atoms with Crippen LogP contribution in [0.25, 0.3) is 0 Å². The van der Waals surface area contributed by atoms with Crippen molar-refractivity contribution < 1.29 is 17.6 Å². The SMILES string of the molecule is O=C(N=C1S[C@@H]2CS(=O)(=O)C[C@@H]2N1c1ccc(Br)cc1F)C1CC1. The Kier molecular flexibility index (Phi) is 4.00. The smallest absolute Gasteiger partial charge is 0.251 e. The van der Waals surface area contributed by atoms with E-state index in [9.17, 15) is 17.6 Å². The lowest BCUT2D eigenvalue weighted by Gasteiger charge is -2.25. The number of hydrogen-bond acceptors (Lipinski definition) is 4. The molecule has 1 amide bonds. The number of nitrogens with zero attached hydrogens (tertiary/aromatic N) is 2. The van der Waals surface area contributed by atoms with Crippen molar-refractivity contribution in [1.82, 2.24) is 0 Å². The van der Waals surface area contributed by atoms with Crippen LogP contribution in [-0.2, 0) is 14.6 Å². The summed E-state index contributed by atoms with van der Waals surface area (Å²) in [4.78, 5) is 17.9. The maximum atomic E-state index is 14.5. The molecule has 2 atom stereocenters. The summed E-state index contributed by atoms with van der Waals surface area (Å²) in [5.74, 6) is -0.701. The Morgan fingerprint density at radius 3 is 2.75 bits per heavy atom. The van der Waals surface area contributed by atoms with E-state index in [2.05, 4.69) is 20.9 Å². The molecule has 2 aliphatic heterocycles. The normalized spacial score (nSPS) is 29.9. The Balaban J connectivity index is 1.76. The average Bonchev–Trinajstić information content (AvgIpc) is 3.22. The van der Waals surface area contributed by atoms with Crippen molar-refractivity contribution in [3.63, 3.8) is 0 Å². The summed E-state index contributed by atoms with van der Waals surface area (Å²) in [7, 11) is -3.16. The van der Waals surface area contributed by atoms with E-state index < -0.39 is 15.7 Å². The molecule has 0 bridgehead atoms. The monoisotopic (exact) mass is 432 g/mol. The van der Waals surface area contributed by atoms with Crippen molar-refractivity contribution in [2.24, 2.45) is 10.9 Å². The molecule has 3 fully saturated rings. The predicted octanol–water partition coefficient (Wildman–Crippen LogP) is 2.60. The molecule has 1 saturated carbocycles. The Labute approximate surface area is 151 Å². The highest BCUT2D eigenvalue weighted by Crippen LogP contribution is 2.42. The van der Waals surface area contributed by atoms with E-state index in [1.807, 2.05) is 0 Å². The molecule has 5 nitrogen and oxygen atoms in total. The Morgan fingerprint density at radius 1 is 1.33 bits per heavy atom. The number of anilines is 1. The summed E-state index contributed by atoms with van der Waals surface area (Å²) in [5, 5.41) is 0.196. The fourth-order valence-electron chi connectivity index (χ4n) is 3.04. The van der Waals surface area contributed by atoms with E-state index >= 15 is 0 Å². The van der Waals surface area contributed by atoms with Crippen LogP contribution >= 0.6 is 27.7 Å². The second kappa shape index (κ2) is 5.81. The molecule has 3 aliphatic rings. The number of carbonyl (C=O) groups excluding carboxylic acids is 1. The molecular weight excluding hydrogens is 419 g/mol. The molecule has 0 aromatic heterocycles. The molecule has 24 heavy (non-hydrogen) atoms. The van der Waals surface area contributed by atoms with E-state index in [1.54, 1.807) is 17.0 Å². The van der Waals surface area contributed by atoms with Gasteiger partial charge in [0.05, 0.1) is 23.2 Å². The van der Waals surface area contributed by atoms with Gasteiger partial charge in [-0.25, -0.2) is 12.8 Å². The van der Waals surface area contributed by atoms with Gasteiger partial charge in [0.25, 0.3) is 5.91 Å². The van der Waals surface area contributed by atoms with E-state index in [1.165, 1.54) is 17.8 Å². The van der Waals surface area contributed by atoms with E-state index in [0.717, 1.165) is 12.8 Å². The topological polar surface area (TPSA) is 66.8 Å². The highest BCUT2D eigenvalue weighted by Gasteiger charge is 2.50. The van der Waals surface area contributed by atoms with Crippen LogP contribution in [0, 0.1) is 11.7 Å². The van der Waals surface area contributed by atoms with Gasteiger partial charge in [-0.15, -0.1) is 0 Å². The molecule has 128 valence electrons. The third-order valence-electron chi connectivity index (χ3n) is 4.37. The Bertz CT molecular complexity index is 854. The number of aliphatic imine (C=N–C) groups is 1. The summed E-state index contributed by atoms with van der Waals surface area (Å²) >= 11 is 4.49. The minimum atomic E-state index is -3.16. The van der Waals surface area contributed by atoms with Gasteiger partial charge < -0.3 is 4.90 Å². The number of rotatable bonds is 2. The first-order valence-corrected chi connectivity index (χ1v) is 11.1. The van der Waals surface area contributed by atoms with Crippen molar-refractivity contribution in [3.8, 4) is 0 Å². The van der Waals surface area contributed by atoms with Crippen LogP contribution in [0.1, 0.15) is 12.8 Å². The zero-order valence-corrected chi connectivity index (χ0v) is 15.7. The molecular formula is C15H14BrFN2O3S2. The van der Waals surface area contributed by atoms with Crippen molar-refractivity contribution >= 4 is 54.3 Å². The van der Waals surface area contributed by atoms with Gasteiger partial charge in [0.1, 0.15) is 5.82 Å². The van der Waals surface area contributed by atoms with Gasteiger partial charge in [0, 0.05) is 15.6 Å². The number of sulfone groups is 1. The van der Waals surface area contributed by atoms with Gasteiger partial charge in [-0.05, 0) is 31.0 Å². The van der Waals surface area contributed by atoms with Gasteiger partial charge in [-0.1, -0.05) is 27.7 Å². The highest BCUT2D eigenvalue weighted by molar-refractivity contribution is 9.10. The zero-order chi connectivity index (χ0) is 17.1. The van der Waals surface area contributed by atoms with Crippen LogP contribution in [0.4, 0.5) is 10.1 Å². The van der Waals surface area contributed by atoms with Crippen LogP contribution in [0.3, 0.4) is 0 Å². The fraction of sp³-hybridized carbons (Fsp3) is 0.467. The number of hydrogen-bond donors (Lipinski definition) is 0. The second-order valence-corrected chi connectivity index (χ2v) is 10.5.